The number of allylic oxidation sites excluding steroid dienone is 1. The van der Waals surface area contributed by atoms with Crippen LogP contribution in [0.3, 0.4) is 0 Å². The molecule has 154 valence electrons. The second-order valence-corrected chi connectivity index (χ2v) is 7.84. The van der Waals surface area contributed by atoms with Crippen LogP contribution in [0.15, 0.2) is 71.7 Å². The van der Waals surface area contributed by atoms with Gasteiger partial charge in [0.25, 0.3) is 0 Å². The maximum Gasteiger partial charge on any atom is 0.128 e. The minimum absolute atomic E-state index is 0.186. The summed E-state index contributed by atoms with van der Waals surface area (Å²) >= 11 is 0. The predicted octanol–water partition coefficient (Wildman–Crippen LogP) is 4.51. The molecule has 3 aromatic rings. The average molecular weight is 408 g/mol. The summed E-state index contributed by atoms with van der Waals surface area (Å²) in [5.74, 6) is 0.605. The van der Waals surface area contributed by atoms with Crippen LogP contribution in [-0.4, -0.2) is 26.8 Å². The Morgan fingerprint density at radius 2 is 1.90 bits per heavy atom. The number of hydrogen-bond acceptors (Lipinski definition) is 2. The van der Waals surface area contributed by atoms with E-state index in [9.17, 15) is 4.39 Å². The minimum atomic E-state index is -0.186. The highest BCUT2D eigenvalue weighted by Crippen LogP contribution is 2.28. The van der Waals surface area contributed by atoms with Gasteiger partial charge in [0.05, 0.1) is 6.54 Å². The Bertz CT molecular complexity index is 1150. The Kier molecular flexibility index (Phi) is 6.36. The molecule has 0 aromatic heterocycles. The van der Waals surface area contributed by atoms with Gasteiger partial charge < -0.3 is 5.32 Å². The number of benzene rings is 3. The molecule has 1 aliphatic heterocycles. The van der Waals surface area contributed by atoms with Crippen molar-refractivity contribution in [3.63, 3.8) is 0 Å². The number of aliphatic imine (C=N–C) groups is 1. The highest BCUT2D eigenvalue weighted by atomic mass is 19.1. The molecule has 0 saturated carbocycles. The molecule has 0 atom stereocenters. The van der Waals surface area contributed by atoms with Gasteiger partial charge in [0.2, 0.25) is 0 Å². The van der Waals surface area contributed by atoms with Crippen molar-refractivity contribution in [1.29, 1.82) is 0 Å². The average Bonchev–Trinajstić information content (AvgIpc) is 3.31. The summed E-state index contributed by atoms with van der Waals surface area (Å²) in [6.07, 6.45) is 3.42. The maximum atomic E-state index is 14.8. The first kappa shape index (κ1) is 21.1. The van der Waals surface area contributed by atoms with Crippen molar-refractivity contribution in [2.24, 2.45) is 4.99 Å². The van der Waals surface area contributed by atoms with Gasteiger partial charge in [-0.1, -0.05) is 66.1 Å². The predicted molar refractivity (Wildman–Crippen MR) is 129 cm³/mol. The molecule has 0 bridgehead atoms. The van der Waals surface area contributed by atoms with Gasteiger partial charge in [-0.05, 0) is 66.1 Å². The molecule has 0 amide bonds. The Morgan fingerprint density at radius 1 is 1.10 bits per heavy atom. The largest absolute Gasteiger partial charge is 0.368 e. The van der Waals surface area contributed by atoms with Crippen molar-refractivity contribution < 1.29 is 4.39 Å². The topological polar surface area (TPSA) is 24.4 Å². The van der Waals surface area contributed by atoms with E-state index in [0.29, 0.717) is 18.4 Å². The van der Waals surface area contributed by atoms with Gasteiger partial charge in [-0.25, -0.2) is 4.39 Å². The fraction of sp³-hybridized carbons (Fsp3) is 0.222. The van der Waals surface area contributed by atoms with E-state index in [2.05, 4.69) is 35.4 Å². The van der Waals surface area contributed by atoms with Gasteiger partial charge in [0.1, 0.15) is 19.5 Å². The first-order chi connectivity index (χ1) is 15.1. The summed E-state index contributed by atoms with van der Waals surface area (Å²) in [4.78, 5) is 4.49. The Morgan fingerprint density at radius 3 is 2.61 bits per heavy atom. The number of hydrogen-bond donors (Lipinski definition) is 1. The van der Waals surface area contributed by atoms with Gasteiger partial charge in [-0.2, -0.15) is 0 Å². The highest BCUT2D eigenvalue weighted by molar-refractivity contribution is 6.32. The monoisotopic (exact) mass is 408 g/mol. The van der Waals surface area contributed by atoms with Crippen LogP contribution in [0.4, 0.5) is 4.39 Å². The van der Waals surface area contributed by atoms with E-state index in [1.165, 1.54) is 11.6 Å². The summed E-state index contributed by atoms with van der Waals surface area (Å²) in [6, 6.07) is 19.6. The summed E-state index contributed by atoms with van der Waals surface area (Å²) in [6.45, 7) is 5.70. The van der Waals surface area contributed by atoms with Crippen molar-refractivity contribution in [2.75, 3.05) is 13.1 Å². The molecule has 2 nitrogen and oxygen atoms in total. The normalized spacial score (nSPS) is 13.8. The van der Waals surface area contributed by atoms with E-state index >= 15 is 0 Å². The summed E-state index contributed by atoms with van der Waals surface area (Å²) in [5, 5.41) is 3.26. The van der Waals surface area contributed by atoms with Gasteiger partial charge in [-0.15, -0.1) is 0 Å². The van der Waals surface area contributed by atoms with Crippen LogP contribution < -0.4 is 10.8 Å². The summed E-state index contributed by atoms with van der Waals surface area (Å²) in [5.41, 5.74) is 8.04. The standard InChI is InChI=1S/C27H26BFN2/c1-3-22(19-8-5-4-6-9-19)25-17-21(28)16-20(18(25)2)12-13-23-24(10-7-11-26(23)29)27-30-14-15-31-27/h3-11,16-17H,12-15H2,1-2H3,(H,30,31)/b22-3-. The molecule has 0 spiro atoms. The molecule has 31 heavy (non-hydrogen) atoms. The van der Waals surface area contributed by atoms with Crippen molar-refractivity contribution in [3.05, 3.63) is 106 Å². The van der Waals surface area contributed by atoms with Gasteiger partial charge in [0, 0.05) is 12.1 Å². The van der Waals surface area contributed by atoms with Crippen LogP contribution in [0.2, 0.25) is 0 Å². The van der Waals surface area contributed by atoms with Crippen molar-refractivity contribution in [1.82, 2.24) is 5.32 Å². The van der Waals surface area contributed by atoms with Crippen LogP contribution in [0.5, 0.6) is 0 Å². The third-order valence-corrected chi connectivity index (χ3v) is 5.89. The molecule has 4 rings (SSSR count). The first-order valence-electron chi connectivity index (χ1n) is 10.8. The SMILES string of the molecule is [B]c1cc(CCc2c(F)cccc2C2=NCCN2)c(C)c(/C(=C\C)c2ccccc2)c1. The molecule has 2 radical (unpaired) electrons. The number of halogens is 1. The molecule has 3 aromatic carbocycles. The van der Waals surface area contributed by atoms with E-state index < -0.39 is 0 Å². The third-order valence-electron chi connectivity index (χ3n) is 5.89. The lowest BCUT2D eigenvalue weighted by atomic mass is 9.83. The zero-order valence-corrected chi connectivity index (χ0v) is 18.1. The fourth-order valence-corrected chi connectivity index (χ4v) is 4.31. The van der Waals surface area contributed by atoms with Crippen molar-refractivity contribution in [2.45, 2.75) is 26.7 Å². The lowest BCUT2D eigenvalue weighted by molar-refractivity contribution is 0.608. The smallest absolute Gasteiger partial charge is 0.128 e. The van der Waals surface area contributed by atoms with Crippen molar-refractivity contribution >= 4 is 24.7 Å². The van der Waals surface area contributed by atoms with E-state index in [4.69, 9.17) is 7.85 Å². The van der Waals surface area contributed by atoms with E-state index in [0.717, 1.165) is 52.2 Å². The lowest BCUT2D eigenvalue weighted by Gasteiger charge is -2.17. The quantitative estimate of drug-likeness (QED) is 0.597. The van der Waals surface area contributed by atoms with E-state index in [1.807, 2.05) is 43.3 Å². The highest BCUT2D eigenvalue weighted by Gasteiger charge is 2.17. The van der Waals surface area contributed by atoms with Crippen LogP contribution >= 0.6 is 0 Å². The minimum Gasteiger partial charge on any atom is -0.368 e. The molecule has 0 unspecified atom stereocenters. The number of rotatable bonds is 6. The first-order valence-corrected chi connectivity index (χ1v) is 10.8. The van der Waals surface area contributed by atoms with E-state index in [1.54, 1.807) is 6.07 Å². The number of nitrogens with zero attached hydrogens (tertiary/aromatic N) is 1. The molecule has 0 fully saturated rings. The molecule has 1 aliphatic rings. The molecular weight excluding hydrogens is 382 g/mol. The van der Waals surface area contributed by atoms with Crippen LogP contribution in [0.25, 0.3) is 5.57 Å². The van der Waals surface area contributed by atoms with Gasteiger partial charge in [0.15, 0.2) is 0 Å². The van der Waals surface area contributed by atoms with E-state index in [-0.39, 0.29) is 5.82 Å². The second-order valence-electron chi connectivity index (χ2n) is 7.84. The van der Waals surface area contributed by atoms with Gasteiger partial charge >= 0.3 is 0 Å². The molecule has 0 aliphatic carbocycles. The summed E-state index contributed by atoms with van der Waals surface area (Å²) < 4.78 is 14.8. The third kappa shape index (κ3) is 4.48. The van der Waals surface area contributed by atoms with Crippen LogP contribution in [0.1, 0.15) is 40.3 Å². The Balaban J connectivity index is 1.67. The maximum absolute atomic E-state index is 14.8. The molecule has 1 heterocycles. The zero-order valence-electron chi connectivity index (χ0n) is 18.1. The molecule has 4 heteroatoms. The lowest BCUT2D eigenvalue weighted by Crippen LogP contribution is -2.21. The Labute approximate surface area is 185 Å². The molecule has 1 N–H and O–H groups in total. The molecule has 0 saturated heterocycles. The second kappa shape index (κ2) is 9.34. The molecular formula is C27H26BFN2. The van der Waals surface area contributed by atoms with Gasteiger partial charge in [-0.3, -0.25) is 4.99 Å². The summed E-state index contributed by atoms with van der Waals surface area (Å²) in [7, 11) is 6.30. The van der Waals surface area contributed by atoms with Crippen molar-refractivity contribution in [3.8, 4) is 0 Å². The zero-order chi connectivity index (χ0) is 21.8. The number of amidine groups is 1. The number of nitrogens with one attached hydrogen (secondary N) is 1. The number of aryl methyl sites for hydroxylation is 1. The van der Waals surface area contributed by atoms with Crippen LogP contribution in [-0.2, 0) is 12.8 Å². The fourth-order valence-electron chi connectivity index (χ4n) is 4.31. The van der Waals surface area contributed by atoms with Crippen LogP contribution in [0, 0.1) is 12.7 Å². The Hall–Kier alpha value is -3.14.